The van der Waals surface area contributed by atoms with Gasteiger partial charge in [0.1, 0.15) is 0 Å². The van der Waals surface area contributed by atoms with Gasteiger partial charge in [0.15, 0.2) is 0 Å². The van der Waals surface area contributed by atoms with Gasteiger partial charge in [-0.05, 0) is 19.8 Å². The lowest BCUT2D eigenvalue weighted by Crippen LogP contribution is -2.57. The van der Waals surface area contributed by atoms with Gasteiger partial charge in [0.25, 0.3) is 5.91 Å². The molecule has 114 valence electrons. The van der Waals surface area contributed by atoms with Crippen molar-refractivity contribution in [2.45, 2.75) is 25.8 Å². The Labute approximate surface area is 123 Å². The molecule has 2 fully saturated rings. The van der Waals surface area contributed by atoms with Gasteiger partial charge in [-0.1, -0.05) is 0 Å². The topological polar surface area (TPSA) is 81.3 Å². The molecule has 2 N–H and O–H groups in total. The molecule has 1 aromatic heterocycles. The normalized spacial score (nSPS) is 23.5. The smallest absolute Gasteiger partial charge is 0.257 e. The fourth-order valence-electron chi connectivity index (χ4n) is 3.14. The van der Waals surface area contributed by atoms with Crippen molar-refractivity contribution in [3.05, 3.63) is 17.5 Å². The van der Waals surface area contributed by atoms with Crippen LogP contribution in [0.25, 0.3) is 0 Å². The predicted octanol–water partition coefficient (Wildman–Crippen LogP) is -0.245. The van der Waals surface area contributed by atoms with Crippen LogP contribution >= 0.6 is 0 Å². The summed E-state index contributed by atoms with van der Waals surface area (Å²) in [6.07, 6.45) is 3.49. The molecular formula is C14H21N5O2. The minimum atomic E-state index is 0.00790. The van der Waals surface area contributed by atoms with Gasteiger partial charge >= 0.3 is 0 Å². The van der Waals surface area contributed by atoms with Crippen LogP contribution in [0.4, 0.5) is 0 Å². The molecule has 1 aromatic rings. The first-order valence-corrected chi connectivity index (χ1v) is 7.46. The van der Waals surface area contributed by atoms with Crippen LogP contribution in [0, 0.1) is 6.92 Å². The third-order valence-electron chi connectivity index (χ3n) is 4.31. The summed E-state index contributed by atoms with van der Waals surface area (Å²) in [5.74, 6) is 0.147. The van der Waals surface area contributed by atoms with E-state index in [-0.39, 0.29) is 17.9 Å². The average molecular weight is 291 g/mol. The van der Waals surface area contributed by atoms with Crippen molar-refractivity contribution < 1.29 is 9.59 Å². The van der Waals surface area contributed by atoms with Crippen LogP contribution < -0.4 is 5.32 Å². The second-order valence-electron chi connectivity index (χ2n) is 5.72. The highest BCUT2D eigenvalue weighted by molar-refractivity contribution is 5.95. The monoisotopic (exact) mass is 291 g/mol. The molecule has 2 aliphatic rings. The van der Waals surface area contributed by atoms with Gasteiger partial charge in [-0.2, -0.15) is 5.10 Å². The number of carbonyl (C=O) groups is 2. The summed E-state index contributed by atoms with van der Waals surface area (Å²) >= 11 is 0. The van der Waals surface area contributed by atoms with Crippen LogP contribution in [0.2, 0.25) is 0 Å². The maximum atomic E-state index is 12.5. The molecule has 0 spiro atoms. The summed E-state index contributed by atoms with van der Waals surface area (Å²) < 4.78 is 0. The van der Waals surface area contributed by atoms with Crippen molar-refractivity contribution in [3.8, 4) is 0 Å². The number of rotatable bonds is 2. The molecule has 0 aliphatic carbocycles. The number of hydrogen-bond donors (Lipinski definition) is 2. The molecule has 0 radical (unpaired) electrons. The number of piperidine rings is 1. The number of amides is 2. The van der Waals surface area contributed by atoms with Gasteiger partial charge in [-0.3, -0.25) is 14.7 Å². The molecule has 2 saturated heterocycles. The predicted molar refractivity (Wildman–Crippen MR) is 76.8 cm³/mol. The number of nitrogens with zero attached hydrogens (tertiary/aromatic N) is 3. The quantitative estimate of drug-likeness (QED) is 0.787. The highest BCUT2D eigenvalue weighted by Crippen LogP contribution is 2.19. The lowest BCUT2D eigenvalue weighted by atomic mass is 10.0. The molecule has 0 bridgehead atoms. The number of aryl methyl sites for hydroxylation is 1. The SMILES string of the molecule is Cc1[nH]ncc1C(=O)N1CCCC(N2CCNCC2=O)C1. The zero-order valence-electron chi connectivity index (χ0n) is 12.3. The van der Waals surface area contributed by atoms with Gasteiger partial charge in [0, 0.05) is 37.9 Å². The van der Waals surface area contributed by atoms with E-state index >= 15 is 0 Å². The minimum absolute atomic E-state index is 0.00790. The Morgan fingerprint density at radius 1 is 1.43 bits per heavy atom. The van der Waals surface area contributed by atoms with Gasteiger partial charge in [-0.15, -0.1) is 0 Å². The second kappa shape index (κ2) is 5.85. The Balaban J connectivity index is 1.69. The third-order valence-corrected chi connectivity index (χ3v) is 4.31. The highest BCUT2D eigenvalue weighted by atomic mass is 16.2. The van der Waals surface area contributed by atoms with Gasteiger partial charge in [0.2, 0.25) is 5.91 Å². The molecule has 21 heavy (non-hydrogen) atoms. The molecule has 2 aliphatic heterocycles. The number of aromatic nitrogens is 2. The number of aromatic amines is 1. The highest BCUT2D eigenvalue weighted by Gasteiger charge is 2.32. The second-order valence-corrected chi connectivity index (χ2v) is 5.72. The fraction of sp³-hybridized carbons (Fsp3) is 0.643. The van der Waals surface area contributed by atoms with E-state index < -0.39 is 0 Å². The first kappa shape index (κ1) is 14.1. The summed E-state index contributed by atoms with van der Waals surface area (Å²) in [4.78, 5) is 28.3. The van der Waals surface area contributed by atoms with E-state index in [0.29, 0.717) is 18.7 Å². The molecular weight excluding hydrogens is 270 g/mol. The van der Waals surface area contributed by atoms with Crippen LogP contribution in [-0.2, 0) is 4.79 Å². The molecule has 2 amide bonds. The number of nitrogens with one attached hydrogen (secondary N) is 2. The maximum absolute atomic E-state index is 12.5. The van der Waals surface area contributed by atoms with Crippen LogP contribution in [0.1, 0.15) is 28.9 Å². The van der Waals surface area contributed by atoms with Crippen molar-refractivity contribution in [3.63, 3.8) is 0 Å². The minimum Gasteiger partial charge on any atom is -0.336 e. The standard InChI is InChI=1S/C14H21N5O2/c1-10-12(7-16-17-10)14(21)18-5-2-3-11(9-18)19-6-4-15-8-13(19)20/h7,11,15H,2-6,8-9H2,1H3,(H,16,17). The summed E-state index contributed by atoms with van der Waals surface area (Å²) in [6, 6.07) is 0.143. The maximum Gasteiger partial charge on any atom is 0.257 e. The van der Waals surface area contributed by atoms with Gasteiger partial charge in [0.05, 0.1) is 18.3 Å². The van der Waals surface area contributed by atoms with Gasteiger partial charge < -0.3 is 15.1 Å². The largest absolute Gasteiger partial charge is 0.336 e. The van der Waals surface area contributed by atoms with E-state index in [1.807, 2.05) is 16.7 Å². The lowest BCUT2D eigenvalue weighted by molar-refractivity contribution is -0.135. The van der Waals surface area contributed by atoms with E-state index in [0.717, 1.165) is 38.2 Å². The fourth-order valence-corrected chi connectivity index (χ4v) is 3.14. The van der Waals surface area contributed by atoms with Crippen molar-refractivity contribution in [1.29, 1.82) is 0 Å². The van der Waals surface area contributed by atoms with E-state index in [1.54, 1.807) is 6.20 Å². The van der Waals surface area contributed by atoms with Crippen LogP contribution in [0.15, 0.2) is 6.20 Å². The molecule has 3 heterocycles. The number of carbonyl (C=O) groups excluding carboxylic acids is 2. The first-order valence-electron chi connectivity index (χ1n) is 7.46. The molecule has 0 aromatic carbocycles. The van der Waals surface area contributed by atoms with E-state index in [1.165, 1.54) is 0 Å². The molecule has 3 rings (SSSR count). The van der Waals surface area contributed by atoms with Crippen LogP contribution in [0.5, 0.6) is 0 Å². The number of hydrogen-bond acceptors (Lipinski definition) is 4. The molecule has 0 saturated carbocycles. The zero-order valence-corrected chi connectivity index (χ0v) is 12.3. The molecule has 7 heteroatoms. The number of likely N-dealkylation sites (tertiary alicyclic amines) is 1. The van der Waals surface area contributed by atoms with E-state index in [4.69, 9.17) is 0 Å². The van der Waals surface area contributed by atoms with Crippen LogP contribution in [0.3, 0.4) is 0 Å². The summed E-state index contributed by atoms with van der Waals surface area (Å²) in [6.45, 7) is 5.19. The Bertz CT molecular complexity index is 541. The number of piperazine rings is 1. The zero-order chi connectivity index (χ0) is 14.8. The summed E-state index contributed by atoms with van der Waals surface area (Å²) in [5, 5.41) is 9.80. The average Bonchev–Trinajstić information content (AvgIpc) is 2.93. The number of H-pyrrole nitrogens is 1. The Kier molecular flexibility index (Phi) is 3.92. The summed E-state index contributed by atoms with van der Waals surface area (Å²) in [5.41, 5.74) is 1.42. The molecule has 1 unspecified atom stereocenters. The van der Waals surface area contributed by atoms with Crippen molar-refractivity contribution in [1.82, 2.24) is 25.3 Å². The van der Waals surface area contributed by atoms with E-state index in [9.17, 15) is 9.59 Å². The Morgan fingerprint density at radius 2 is 2.29 bits per heavy atom. The van der Waals surface area contributed by atoms with Crippen molar-refractivity contribution in [2.24, 2.45) is 0 Å². The Hall–Kier alpha value is -1.89. The van der Waals surface area contributed by atoms with Crippen LogP contribution in [-0.4, -0.2) is 70.6 Å². The summed E-state index contributed by atoms with van der Waals surface area (Å²) in [7, 11) is 0. The Morgan fingerprint density at radius 3 is 3.00 bits per heavy atom. The lowest BCUT2D eigenvalue weighted by Gasteiger charge is -2.41. The van der Waals surface area contributed by atoms with Gasteiger partial charge in [-0.25, -0.2) is 0 Å². The third kappa shape index (κ3) is 2.78. The first-order chi connectivity index (χ1) is 10.2. The molecule has 1 atom stereocenters. The van der Waals surface area contributed by atoms with E-state index in [2.05, 4.69) is 15.5 Å². The van der Waals surface area contributed by atoms with Crippen molar-refractivity contribution in [2.75, 3.05) is 32.7 Å². The molecule has 7 nitrogen and oxygen atoms in total. The van der Waals surface area contributed by atoms with Crippen molar-refractivity contribution >= 4 is 11.8 Å².